The molecule has 0 saturated heterocycles. The fourth-order valence-corrected chi connectivity index (χ4v) is 2.37. The van der Waals surface area contributed by atoms with Crippen LogP contribution in [0.2, 0.25) is 0 Å². The van der Waals surface area contributed by atoms with Crippen LogP contribution in [0.25, 0.3) is 0 Å². The van der Waals surface area contributed by atoms with Crippen molar-refractivity contribution in [2.75, 3.05) is 0 Å². The Morgan fingerprint density at radius 2 is 1.88 bits per heavy atom. The van der Waals surface area contributed by atoms with Gasteiger partial charge in [0, 0.05) is 5.57 Å². The Morgan fingerprint density at radius 1 is 1.24 bits per heavy atom. The molecule has 4 heteroatoms. The van der Waals surface area contributed by atoms with Gasteiger partial charge in [-0.15, -0.1) is 0 Å². The second-order valence-electron chi connectivity index (χ2n) is 6.25. The molecule has 1 aromatic rings. The first-order valence-electron chi connectivity index (χ1n) is 8.78. The predicted octanol–water partition coefficient (Wildman–Crippen LogP) is 6.64. The number of nitrogens with zero attached hydrogens (tertiary/aromatic N) is 1. The summed E-state index contributed by atoms with van der Waals surface area (Å²) in [7, 11) is 0. The molecule has 0 amide bonds. The standard InChI is InChI=1S/C21H27F2NO/c1-5-7-8-16(3)17(4)9-12-19(6-2)21(22,23)25-20-13-10-18(15-24)11-14-20/h9-14,16H,5-8H2,1-4H3/b17-9+,19-12+. The van der Waals surface area contributed by atoms with Crippen molar-refractivity contribution in [3.63, 3.8) is 0 Å². The van der Waals surface area contributed by atoms with Crippen molar-refractivity contribution < 1.29 is 13.5 Å². The fourth-order valence-electron chi connectivity index (χ4n) is 2.37. The zero-order chi connectivity index (χ0) is 18.9. The molecule has 0 aliphatic rings. The van der Waals surface area contributed by atoms with Crippen molar-refractivity contribution in [2.24, 2.45) is 5.92 Å². The number of halogens is 2. The third-order valence-electron chi connectivity index (χ3n) is 4.30. The van der Waals surface area contributed by atoms with Crippen molar-refractivity contribution in [1.82, 2.24) is 0 Å². The van der Waals surface area contributed by atoms with Crippen LogP contribution in [0.5, 0.6) is 5.75 Å². The summed E-state index contributed by atoms with van der Waals surface area (Å²) in [6.45, 7) is 7.92. The Balaban J connectivity index is 2.88. The van der Waals surface area contributed by atoms with E-state index in [1.54, 1.807) is 13.0 Å². The monoisotopic (exact) mass is 347 g/mol. The average molecular weight is 347 g/mol. The molecule has 0 aromatic heterocycles. The smallest absolute Gasteiger partial charge is 0.422 e. The first-order valence-corrected chi connectivity index (χ1v) is 8.78. The van der Waals surface area contributed by atoms with Crippen LogP contribution in [0.3, 0.4) is 0 Å². The van der Waals surface area contributed by atoms with E-state index in [-0.39, 0.29) is 17.7 Å². The average Bonchev–Trinajstić information content (AvgIpc) is 2.60. The van der Waals surface area contributed by atoms with Gasteiger partial charge >= 0.3 is 6.11 Å². The SMILES string of the molecule is CCCCC(C)/C(C)=C/C=C(\CC)C(F)(F)Oc1ccc(C#N)cc1. The van der Waals surface area contributed by atoms with E-state index in [2.05, 4.69) is 13.8 Å². The number of unbranched alkanes of at least 4 members (excludes halogenated alkanes) is 1. The van der Waals surface area contributed by atoms with Gasteiger partial charge < -0.3 is 4.74 Å². The molecule has 25 heavy (non-hydrogen) atoms. The molecule has 0 aliphatic heterocycles. The fraction of sp³-hybridized carbons (Fsp3) is 0.476. The van der Waals surface area contributed by atoms with Gasteiger partial charge in [-0.05, 0) is 49.9 Å². The summed E-state index contributed by atoms with van der Waals surface area (Å²) in [5.41, 5.74) is 1.43. The number of rotatable bonds is 9. The van der Waals surface area contributed by atoms with Gasteiger partial charge in [0.25, 0.3) is 0 Å². The molecular formula is C21H27F2NO. The molecule has 0 fully saturated rings. The molecule has 1 rings (SSSR count). The molecular weight excluding hydrogens is 320 g/mol. The lowest BCUT2D eigenvalue weighted by Crippen LogP contribution is -2.27. The summed E-state index contributed by atoms with van der Waals surface area (Å²) in [5.74, 6) is 0.419. The number of hydrogen-bond acceptors (Lipinski definition) is 2. The van der Waals surface area contributed by atoms with E-state index in [0.29, 0.717) is 11.5 Å². The van der Waals surface area contributed by atoms with Crippen molar-refractivity contribution in [2.45, 2.75) is 59.5 Å². The molecule has 1 unspecified atom stereocenters. The zero-order valence-electron chi connectivity index (χ0n) is 15.5. The first-order chi connectivity index (χ1) is 11.8. The Bertz CT molecular complexity index is 639. The number of benzene rings is 1. The van der Waals surface area contributed by atoms with Crippen LogP contribution in [0.4, 0.5) is 8.78 Å². The maximum atomic E-state index is 14.4. The lowest BCUT2D eigenvalue weighted by molar-refractivity contribution is -0.143. The summed E-state index contributed by atoms with van der Waals surface area (Å²) in [6.07, 6.45) is 3.38. The third-order valence-corrected chi connectivity index (χ3v) is 4.30. The number of hydrogen-bond donors (Lipinski definition) is 0. The second-order valence-corrected chi connectivity index (χ2v) is 6.25. The Hall–Kier alpha value is -2.15. The van der Waals surface area contributed by atoms with Gasteiger partial charge in [-0.3, -0.25) is 0 Å². The maximum Gasteiger partial charge on any atom is 0.422 e. The van der Waals surface area contributed by atoms with E-state index in [1.807, 2.05) is 13.0 Å². The zero-order valence-corrected chi connectivity index (χ0v) is 15.5. The summed E-state index contributed by atoms with van der Waals surface area (Å²) in [5, 5.41) is 8.75. The molecule has 2 nitrogen and oxygen atoms in total. The van der Waals surface area contributed by atoms with Crippen LogP contribution < -0.4 is 4.74 Å². The molecule has 0 N–H and O–H groups in total. The van der Waals surface area contributed by atoms with E-state index in [9.17, 15) is 8.78 Å². The third kappa shape index (κ3) is 6.70. The summed E-state index contributed by atoms with van der Waals surface area (Å²) in [6, 6.07) is 7.63. The molecule has 0 saturated carbocycles. The van der Waals surface area contributed by atoms with E-state index in [4.69, 9.17) is 10.00 Å². The highest BCUT2D eigenvalue weighted by molar-refractivity contribution is 5.35. The van der Waals surface area contributed by atoms with Gasteiger partial charge in [0.15, 0.2) is 0 Å². The van der Waals surface area contributed by atoms with Crippen molar-refractivity contribution in [3.8, 4) is 11.8 Å². The number of alkyl halides is 2. The van der Waals surface area contributed by atoms with Crippen LogP contribution >= 0.6 is 0 Å². The maximum absolute atomic E-state index is 14.4. The Morgan fingerprint density at radius 3 is 2.40 bits per heavy atom. The second kappa shape index (κ2) is 9.98. The molecule has 1 aromatic carbocycles. The molecule has 0 heterocycles. The largest absolute Gasteiger partial charge is 0.429 e. The van der Waals surface area contributed by atoms with Crippen LogP contribution in [0.15, 0.2) is 47.6 Å². The van der Waals surface area contributed by atoms with Gasteiger partial charge in [-0.1, -0.05) is 51.3 Å². The Labute approximate surface area is 149 Å². The highest BCUT2D eigenvalue weighted by Gasteiger charge is 2.35. The molecule has 0 spiro atoms. The van der Waals surface area contributed by atoms with E-state index in [1.165, 1.54) is 30.3 Å². The van der Waals surface area contributed by atoms with Gasteiger partial charge in [0.05, 0.1) is 11.6 Å². The molecule has 0 aliphatic carbocycles. The minimum Gasteiger partial charge on any atom is -0.429 e. The molecule has 0 radical (unpaired) electrons. The molecule has 0 bridgehead atoms. The Kier molecular flexibility index (Phi) is 8.34. The predicted molar refractivity (Wildman–Crippen MR) is 97.6 cm³/mol. The van der Waals surface area contributed by atoms with Crippen molar-refractivity contribution in [1.29, 1.82) is 5.26 Å². The van der Waals surface area contributed by atoms with E-state index in [0.717, 1.165) is 24.8 Å². The van der Waals surface area contributed by atoms with E-state index >= 15 is 0 Å². The van der Waals surface area contributed by atoms with Crippen LogP contribution in [0.1, 0.15) is 58.9 Å². The van der Waals surface area contributed by atoms with Gasteiger partial charge in [0.2, 0.25) is 0 Å². The lowest BCUT2D eigenvalue weighted by atomic mass is 9.96. The van der Waals surface area contributed by atoms with Crippen LogP contribution in [-0.4, -0.2) is 6.11 Å². The molecule has 136 valence electrons. The van der Waals surface area contributed by atoms with Crippen molar-refractivity contribution >= 4 is 0 Å². The van der Waals surface area contributed by atoms with Gasteiger partial charge in [-0.2, -0.15) is 14.0 Å². The van der Waals surface area contributed by atoms with Crippen LogP contribution in [-0.2, 0) is 0 Å². The number of ether oxygens (including phenoxy) is 1. The normalized spacial score (nSPS) is 14.1. The van der Waals surface area contributed by atoms with Gasteiger partial charge in [0.1, 0.15) is 5.75 Å². The van der Waals surface area contributed by atoms with E-state index < -0.39 is 6.11 Å². The van der Waals surface area contributed by atoms with Crippen molar-refractivity contribution in [3.05, 3.63) is 53.1 Å². The molecule has 1 atom stereocenters. The van der Waals surface area contributed by atoms with Gasteiger partial charge in [-0.25, -0.2) is 0 Å². The summed E-state index contributed by atoms with van der Waals surface area (Å²) in [4.78, 5) is 0. The highest BCUT2D eigenvalue weighted by Crippen LogP contribution is 2.31. The lowest BCUT2D eigenvalue weighted by Gasteiger charge is -2.20. The highest BCUT2D eigenvalue weighted by atomic mass is 19.3. The number of allylic oxidation sites excluding steroid dienone is 3. The summed E-state index contributed by atoms with van der Waals surface area (Å²) >= 11 is 0. The quantitative estimate of drug-likeness (QED) is 0.469. The minimum absolute atomic E-state index is 0.0420. The summed E-state index contributed by atoms with van der Waals surface area (Å²) < 4.78 is 33.7. The number of nitriles is 1. The first kappa shape index (κ1) is 20.9. The minimum atomic E-state index is -3.38. The van der Waals surface area contributed by atoms with Crippen LogP contribution in [0, 0.1) is 17.2 Å². The topological polar surface area (TPSA) is 33.0 Å².